The van der Waals surface area contributed by atoms with Crippen LogP contribution < -0.4 is 4.74 Å². The van der Waals surface area contributed by atoms with Gasteiger partial charge >= 0.3 is 0 Å². The van der Waals surface area contributed by atoms with Crippen molar-refractivity contribution in [1.29, 1.82) is 0 Å². The standard InChI is InChI=1S/C19H20N2O2/c1-13-4-6-15(7-5-13)11-21-12-17(10-20-21)16-8-14(2)19(22)18(9-16)23-3/h4-10,12,22H,11H2,1-3H3. The molecule has 0 radical (unpaired) electrons. The van der Waals surface area contributed by atoms with Gasteiger partial charge in [0, 0.05) is 11.8 Å². The summed E-state index contributed by atoms with van der Waals surface area (Å²) in [7, 11) is 1.55. The Labute approximate surface area is 136 Å². The number of nitrogens with zero attached hydrogens (tertiary/aromatic N) is 2. The van der Waals surface area contributed by atoms with E-state index in [1.54, 1.807) is 7.11 Å². The zero-order valence-electron chi connectivity index (χ0n) is 13.6. The molecule has 1 N–H and O–H groups in total. The van der Waals surface area contributed by atoms with Crippen molar-refractivity contribution >= 4 is 0 Å². The van der Waals surface area contributed by atoms with Gasteiger partial charge in [0.15, 0.2) is 11.5 Å². The highest BCUT2D eigenvalue weighted by Gasteiger charge is 2.10. The van der Waals surface area contributed by atoms with E-state index >= 15 is 0 Å². The summed E-state index contributed by atoms with van der Waals surface area (Å²) in [4.78, 5) is 0. The molecular formula is C19H20N2O2. The second kappa shape index (κ2) is 6.16. The molecule has 0 saturated carbocycles. The number of methoxy groups -OCH3 is 1. The number of hydrogen-bond donors (Lipinski definition) is 1. The molecule has 4 nitrogen and oxygen atoms in total. The molecule has 1 aromatic heterocycles. The number of benzene rings is 2. The highest BCUT2D eigenvalue weighted by Crippen LogP contribution is 2.34. The van der Waals surface area contributed by atoms with Crippen LogP contribution in [0.3, 0.4) is 0 Å². The first-order valence-corrected chi connectivity index (χ1v) is 7.53. The van der Waals surface area contributed by atoms with Crippen molar-refractivity contribution in [1.82, 2.24) is 9.78 Å². The fraction of sp³-hybridized carbons (Fsp3) is 0.211. The number of hydrogen-bond acceptors (Lipinski definition) is 3. The molecule has 2 aromatic carbocycles. The molecule has 118 valence electrons. The van der Waals surface area contributed by atoms with E-state index < -0.39 is 0 Å². The minimum atomic E-state index is 0.184. The van der Waals surface area contributed by atoms with Crippen molar-refractivity contribution in [3.8, 4) is 22.6 Å². The lowest BCUT2D eigenvalue weighted by atomic mass is 10.1. The van der Waals surface area contributed by atoms with Crippen LogP contribution >= 0.6 is 0 Å². The summed E-state index contributed by atoms with van der Waals surface area (Å²) in [6.07, 6.45) is 3.84. The van der Waals surface area contributed by atoms with Crippen LogP contribution in [0, 0.1) is 13.8 Å². The molecule has 23 heavy (non-hydrogen) atoms. The van der Waals surface area contributed by atoms with E-state index in [1.807, 2.05) is 36.1 Å². The predicted octanol–water partition coefficient (Wildman–Crippen LogP) is 3.93. The Hall–Kier alpha value is -2.75. The van der Waals surface area contributed by atoms with Gasteiger partial charge < -0.3 is 9.84 Å². The fourth-order valence-corrected chi connectivity index (χ4v) is 2.55. The second-order valence-electron chi connectivity index (χ2n) is 5.76. The maximum absolute atomic E-state index is 9.95. The molecule has 0 aliphatic heterocycles. The van der Waals surface area contributed by atoms with Gasteiger partial charge in [0.2, 0.25) is 0 Å². The summed E-state index contributed by atoms with van der Waals surface area (Å²) in [5.41, 5.74) is 5.22. The molecule has 0 unspecified atom stereocenters. The van der Waals surface area contributed by atoms with Gasteiger partial charge in [-0.25, -0.2) is 0 Å². The van der Waals surface area contributed by atoms with Crippen LogP contribution in [0.4, 0.5) is 0 Å². The van der Waals surface area contributed by atoms with Gasteiger partial charge in [-0.1, -0.05) is 29.8 Å². The highest BCUT2D eigenvalue weighted by molar-refractivity contribution is 5.67. The van der Waals surface area contributed by atoms with E-state index in [0.29, 0.717) is 5.75 Å². The predicted molar refractivity (Wildman–Crippen MR) is 90.9 cm³/mol. The first kappa shape index (κ1) is 15.2. The van der Waals surface area contributed by atoms with Crippen molar-refractivity contribution in [2.45, 2.75) is 20.4 Å². The number of phenols is 1. The monoisotopic (exact) mass is 308 g/mol. The largest absolute Gasteiger partial charge is 0.504 e. The molecule has 0 atom stereocenters. The number of phenolic OH excluding ortho intramolecular Hbond substituents is 1. The van der Waals surface area contributed by atoms with Crippen molar-refractivity contribution in [2.24, 2.45) is 0 Å². The molecule has 0 bridgehead atoms. The van der Waals surface area contributed by atoms with Gasteiger partial charge in [0.1, 0.15) is 0 Å². The summed E-state index contributed by atoms with van der Waals surface area (Å²) < 4.78 is 7.14. The molecular weight excluding hydrogens is 288 g/mol. The summed E-state index contributed by atoms with van der Waals surface area (Å²) >= 11 is 0. The molecule has 0 aliphatic carbocycles. The van der Waals surface area contributed by atoms with Crippen LogP contribution in [0.15, 0.2) is 48.8 Å². The van der Waals surface area contributed by atoms with Crippen LogP contribution in [0.25, 0.3) is 11.1 Å². The maximum Gasteiger partial charge on any atom is 0.161 e. The number of ether oxygens (including phenoxy) is 1. The first-order valence-electron chi connectivity index (χ1n) is 7.53. The van der Waals surface area contributed by atoms with Gasteiger partial charge in [0.05, 0.1) is 19.9 Å². The van der Waals surface area contributed by atoms with Crippen LogP contribution in [0.5, 0.6) is 11.5 Å². The Bertz CT molecular complexity index is 820. The minimum absolute atomic E-state index is 0.184. The third-order valence-electron chi connectivity index (χ3n) is 3.92. The van der Waals surface area contributed by atoms with E-state index in [1.165, 1.54) is 11.1 Å². The topological polar surface area (TPSA) is 47.3 Å². The van der Waals surface area contributed by atoms with Crippen molar-refractivity contribution in [3.63, 3.8) is 0 Å². The molecule has 4 heteroatoms. The van der Waals surface area contributed by atoms with Gasteiger partial charge in [-0.3, -0.25) is 4.68 Å². The number of aromatic nitrogens is 2. The summed E-state index contributed by atoms with van der Waals surface area (Å²) in [6.45, 7) is 4.67. The van der Waals surface area contributed by atoms with Gasteiger partial charge in [-0.2, -0.15) is 5.10 Å². The van der Waals surface area contributed by atoms with E-state index in [-0.39, 0.29) is 5.75 Å². The summed E-state index contributed by atoms with van der Waals surface area (Å²) in [5.74, 6) is 0.662. The quantitative estimate of drug-likeness (QED) is 0.794. The Morgan fingerprint density at radius 1 is 1.09 bits per heavy atom. The molecule has 0 fully saturated rings. The van der Waals surface area contributed by atoms with Crippen LogP contribution in [0.2, 0.25) is 0 Å². The number of aromatic hydroxyl groups is 1. The lowest BCUT2D eigenvalue weighted by molar-refractivity contribution is 0.372. The average Bonchev–Trinajstić information content (AvgIpc) is 3.00. The zero-order valence-corrected chi connectivity index (χ0v) is 13.6. The smallest absolute Gasteiger partial charge is 0.161 e. The van der Waals surface area contributed by atoms with Crippen molar-refractivity contribution in [3.05, 3.63) is 65.5 Å². The molecule has 0 aliphatic rings. The van der Waals surface area contributed by atoms with Crippen molar-refractivity contribution in [2.75, 3.05) is 7.11 Å². The SMILES string of the molecule is COc1cc(-c2cnn(Cc3ccc(C)cc3)c2)cc(C)c1O. The molecule has 0 saturated heterocycles. The molecule has 0 amide bonds. The molecule has 3 rings (SSSR count). The Kier molecular flexibility index (Phi) is 4.06. The Morgan fingerprint density at radius 2 is 1.83 bits per heavy atom. The first-order chi connectivity index (χ1) is 11.1. The molecule has 3 aromatic rings. The third kappa shape index (κ3) is 3.21. The van der Waals surface area contributed by atoms with Crippen molar-refractivity contribution < 1.29 is 9.84 Å². The van der Waals surface area contributed by atoms with Gasteiger partial charge in [0.25, 0.3) is 0 Å². The van der Waals surface area contributed by atoms with Crippen LogP contribution in [0.1, 0.15) is 16.7 Å². The maximum atomic E-state index is 9.95. The second-order valence-corrected chi connectivity index (χ2v) is 5.76. The normalized spacial score (nSPS) is 10.7. The lowest BCUT2D eigenvalue weighted by Gasteiger charge is -2.08. The van der Waals surface area contributed by atoms with Gasteiger partial charge in [-0.15, -0.1) is 0 Å². The summed E-state index contributed by atoms with van der Waals surface area (Å²) in [6, 6.07) is 12.2. The third-order valence-corrected chi connectivity index (χ3v) is 3.92. The minimum Gasteiger partial charge on any atom is -0.504 e. The molecule has 0 spiro atoms. The van der Waals surface area contributed by atoms with E-state index in [0.717, 1.165) is 23.2 Å². The number of aryl methyl sites for hydroxylation is 2. The van der Waals surface area contributed by atoms with Gasteiger partial charge in [-0.05, 0) is 42.7 Å². The molecule has 1 heterocycles. The van der Waals surface area contributed by atoms with Crippen LogP contribution in [-0.2, 0) is 6.54 Å². The average molecular weight is 308 g/mol. The number of rotatable bonds is 4. The fourth-order valence-electron chi connectivity index (χ4n) is 2.55. The Morgan fingerprint density at radius 3 is 2.52 bits per heavy atom. The van der Waals surface area contributed by atoms with E-state index in [2.05, 4.69) is 36.3 Å². The highest BCUT2D eigenvalue weighted by atomic mass is 16.5. The van der Waals surface area contributed by atoms with E-state index in [4.69, 9.17) is 4.74 Å². The Balaban J connectivity index is 1.87. The zero-order chi connectivity index (χ0) is 16.4. The van der Waals surface area contributed by atoms with Crippen LogP contribution in [-0.4, -0.2) is 22.0 Å². The van der Waals surface area contributed by atoms with E-state index in [9.17, 15) is 5.11 Å². The lowest BCUT2D eigenvalue weighted by Crippen LogP contribution is -1.99. The summed E-state index contributed by atoms with van der Waals surface area (Å²) in [5, 5.41) is 14.4.